The number of rotatable bonds is 12. The highest BCUT2D eigenvalue weighted by atomic mass is 32.2. The van der Waals surface area contributed by atoms with Gasteiger partial charge in [0.05, 0.1) is 24.8 Å². The molecule has 0 spiro atoms. The summed E-state index contributed by atoms with van der Waals surface area (Å²) >= 11 is 2.75. The Labute approximate surface area is 288 Å². The number of fused-ring (bicyclic) bond motifs is 1. The van der Waals surface area contributed by atoms with Gasteiger partial charge in [-0.3, -0.25) is 14.5 Å². The smallest absolute Gasteiger partial charge is 0.301 e. The molecule has 8 nitrogen and oxygen atoms in total. The summed E-state index contributed by atoms with van der Waals surface area (Å²) in [5, 5.41) is 23.0. The van der Waals surface area contributed by atoms with Crippen LogP contribution in [0.15, 0.2) is 94.8 Å². The van der Waals surface area contributed by atoms with Crippen LogP contribution < -0.4 is 14.4 Å². The largest absolute Gasteiger partial charge is 0.507 e. The highest BCUT2D eigenvalue weighted by Crippen LogP contribution is 2.46. The zero-order valence-corrected chi connectivity index (χ0v) is 28.9. The van der Waals surface area contributed by atoms with Crippen molar-refractivity contribution in [2.45, 2.75) is 50.3 Å². The van der Waals surface area contributed by atoms with Crippen LogP contribution in [-0.4, -0.2) is 40.2 Å². The fourth-order valence-corrected chi connectivity index (χ4v) is 7.49. The SMILES string of the molecule is CCOc1cc(C2C(=C(O)c3ccc(C)cc3)C(=O)C(=O)N2c2nnc(SCc3cccc4ccccc34)s2)ccc1OCCC(C)C. The number of aliphatic hydroxyl groups excluding tert-OH is 1. The van der Waals surface area contributed by atoms with Gasteiger partial charge in [0.15, 0.2) is 15.8 Å². The number of nitrogens with zero attached hydrogens (tertiary/aromatic N) is 3. The van der Waals surface area contributed by atoms with E-state index < -0.39 is 17.7 Å². The van der Waals surface area contributed by atoms with Gasteiger partial charge < -0.3 is 14.6 Å². The van der Waals surface area contributed by atoms with E-state index in [2.05, 4.69) is 48.3 Å². The Balaban J connectivity index is 1.38. The first-order valence-corrected chi connectivity index (χ1v) is 17.8. The number of hydrogen-bond donors (Lipinski definition) is 1. The number of aryl methyl sites for hydroxylation is 1. The molecule has 1 saturated heterocycles. The molecule has 1 atom stereocenters. The highest BCUT2D eigenvalue weighted by Gasteiger charge is 2.48. The van der Waals surface area contributed by atoms with E-state index in [9.17, 15) is 14.7 Å². The Bertz CT molecular complexity index is 1980. The normalized spacial score (nSPS) is 15.9. The Morgan fingerprint density at radius 1 is 0.958 bits per heavy atom. The molecule has 0 bridgehead atoms. The van der Waals surface area contributed by atoms with Crippen LogP contribution in [0.25, 0.3) is 16.5 Å². The number of anilines is 1. The van der Waals surface area contributed by atoms with Gasteiger partial charge in [0.2, 0.25) is 5.13 Å². The minimum atomic E-state index is -0.973. The summed E-state index contributed by atoms with van der Waals surface area (Å²) in [4.78, 5) is 28.9. The lowest BCUT2D eigenvalue weighted by molar-refractivity contribution is -0.132. The van der Waals surface area contributed by atoms with Crippen LogP contribution in [0.3, 0.4) is 0 Å². The number of aromatic nitrogens is 2. The molecule has 6 rings (SSSR count). The number of amides is 1. The van der Waals surface area contributed by atoms with Crippen molar-refractivity contribution in [3.05, 3.63) is 113 Å². The van der Waals surface area contributed by atoms with Gasteiger partial charge in [-0.25, -0.2) is 0 Å². The molecule has 1 unspecified atom stereocenters. The van der Waals surface area contributed by atoms with E-state index in [1.165, 1.54) is 33.4 Å². The number of thioether (sulfide) groups is 1. The Kier molecular flexibility index (Phi) is 10.1. The Morgan fingerprint density at radius 3 is 2.50 bits per heavy atom. The standard InChI is InChI=1S/C38H37N3O5S2/c1-5-45-31-21-27(17-18-30(31)46-20-19-23(2)3)33-32(34(42)26-15-13-24(4)14-16-26)35(43)36(44)41(33)37-39-40-38(48-37)47-22-28-11-8-10-25-9-6-7-12-29(25)28/h6-18,21,23,33,42H,5,19-20,22H2,1-4H3. The second-order valence-electron chi connectivity index (χ2n) is 12.0. The second kappa shape index (κ2) is 14.6. The van der Waals surface area contributed by atoms with Crippen LogP contribution in [0.5, 0.6) is 11.5 Å². The lowest BCUT2D eigenvalue weighted by atomic mass is 9.95. The van der Waals surface area contributed by atoms with E-state index in [1.54, 1.807) is 30.3 Å². The van der Waals surface area contributed by atoms with E-state index in [4.69, 9.17) is 9.47 Å². The fraction of sp³-hybridized carbons (Fsp3) is 0.263. The van der Waals surface area contributed by atoms with Crippen molar-refractivity contribution in [1.82, 2.24) is 10.2 Å². The van der Waals surface area contributed by atoms with Gasteiger partial charge in [0, 0.05) is 11.3 Å². The van der Waals surface area contributed by atoms with Gasteiger partial charge in [0.25, 0.3) is 5.78 Å². The van der Waals surface area contributed by atoms with Gasteiger partial charge in [0.1, 0.15) is 5.76 Å². The minimum Gasteiger partial charge on any atom is -0.507 e. The molecule has 1 aliphatic rings. The molecule has 0 aliphatic carbocycles. The van der Waals surface area contributed by atoms with Gasteiger partial charge in [-0.1, -0.05) is 115 Å². The highest BCUT2D eigenvalue weighted by molar-refractivity contribution is 8.00. The van der Waals surface area contributed by atoms with Crippen LogP contribution in [0.4, 0.5) is 5.13 Å². The third kappa shape index (κ3) is 6.95. The number of Topliss-reactive ketones (excluding diaryl/α,β-unsaturated/α-hetero) is 1. The molecule has 246 valence electrons. The second-order valence-corrected chi connectivity index (χ2v) is 14.2. The quantitative estimate of drug-likeness (QED) is 0.0459. The third-order valence-electron chi connectivity index (χ3n) is 8.14. The molecule has 48 heavy (non-hydrogen) atoms. The molecule has 1 aliphatic heterocycles. The zero-order valence-electron chi connectivity index (χ0n) is 27.3. The molecular formula is C38H37N3O5S2. The summed E-state index contributed by atoms with van der Waals surface area (Å²) in [5.74, 6) is 0.346. The molecule has 1 amide bonds. The average Bonchev–Trinajstić information content (AvgIpc) is 3.65. The number of carbonyl (C=O) groups excluding carboxylic acids is 2. The van der Waals surface area contributed by atoms with Crippen LogP contribution in [0, 0.1) is 12.8 Å². The predicted molar refractivity (Wildman–Crippen MR) is 192 cm³/mol. The van der Waals surface area contributed by atoms with Crippen LogP contribution in [0.2, 0.25) is 0 Å². The molecule has 0 radical (unpaired) electrons. The molecular weight excluding hydrogens is 643 g/mol. The molecule has 2 heterocycles. The lowest BCUT2D eigenvalue weighted by Gasteiger charge is -2.24. The van der Waals surface area contributed by atoms with Crippen LogP contribution >= 0.6 is 23.1 Å². The van der Waals surface area contributed by atoms with Crippen molar-refractivity contribution >= 4 is 56.5 Å². The van der Waals surface area contributed by atoms with Crippen molar-refractivity contribution in [1.29, 1.82) is 0 Å². The predicted octanol–water partition coefficient (Wildman–Crippen LogP) is 8.74. The number of hydrogen-bond acceptors (Lipinski definition) is 9. The topological polar surface area (TPSA) is 102 Å². The first-order chi connectivity index (χ1) is 23.2. The summed E-state index contributed by atoms with van der Waals surface area (Å²) in [6.45, 7) is 9.00. The van der Waals surface area contributed by atoms with E-state index in [-0.39, 0.29) is 16.5 Å². The van der Waals surface area contributed by atoms with Gasteiger partial charge in [-0.2, -0.15) is 0 Å². The lowest BCUT2D eigenvalue weighted by Crippen LogP contribution is -2.29. The molecule has 1 fully saturated rings. The van der Waals surface area contributed by atoms with Gasteiger partial charge in [-0.05, 0) is 60.2 Å². The van der Waals surface area contributed by atoms with Gasteiger partial charge in [-0.15, -0.1) is 10.2 Å². The zero-order chi connectivity index (χ0) is 33.8. The van der Waals surface area contributed by atoms with E-state index in [1.807, 2.05) is 44.2 Å². The summed E-state index contributed by atoms with van der Waals surface area (Å²) < 4.78 is 12.7. The summed E-state index contributed by atoms with van der Waals surface area (Å²) in [6.07, 6.45) is 0.877. The summed E-state index contributed by atoms with van der Waals surface area (Å²) in [6, 6.07) is 26.0. The van der Waals surface area contributed by atoms with E-state index in [0.717, 1.165) is 22.9 Å². The first kappa shape index (κ1) is 33.2. The Morgan fingerprint density at radius 2 is 1.73 bits per heavy atom. The number of aliphatic hydroxyl groups is 1. The molecule has 0 saturated carbocycles. The third-order valence-corrected chi connectivity index (χ3v) is 10.2. The number of ether oxygens (including phenoxy) is 2. The number of benzene rings is 4. The van der Waals surface area contributed by atoms with E-state index in [0.29, 0.717) is 51.9 Å². The molecule has 4 aromatic carbocycles. The van der Waals surface area contributed by atoms with E-state index >= 15 is 0 Å². The maximum Gasteiger partial charge on any atom is 0.301 e. The molecule has 1 aromatic heterocycles. The van der Waals surface area contributed by atoms with Crippen LogP contribution in [0.1, 0.15) is 55.5 Å². The maximum atomic E-state index is 13.8. The number of ketones is 1. The molecule has 5 aromatic rings. The van der Waals surface area contributed by atoms with Crippen molar-refractivity contribution in [2.75, 3.05) is 18.1 Å². The maximum absolute atomic E-state index is 13.8. The van der Waals surface area contributed by atoms with Gasteiger partial charge >= 0.3 is 5.91 Å². The monoisotopic (exact) mass is 679 g/mol. The fourth-order valence-electron chi connectivity index (χ4n) is 5.62. The Hall–Kier alpha value is -4.67. The molecule has 1 N–H and O–H groups in total. The van der Waals surface area contributed by atoms with Crippen LogP contribution in [-0.2, 0) is 15.3 Å². The van der Waals surface area contributed by atoms with Crippen molar-refractivity contribution in [2.24, 2.45) is 5.92 Å². The summed E-state index contributed by atoms with van der Waals surface area (Å²) in [5.41, 5.74) is 3.14. The first-order valence-electron chi connectivity index (χ1n) is 16.0. The van der Waals surface area contributed by atoms with Crippen molar-refractivity contribution in [3.8, 4) is 11.5 Å². The summed E-state index contributed by atoms with van der Waals surface area (Å²) in [7, 11) is 0. The number of carbonyl (C=O) groups is 2. The molecule has 10 heteroatoms. The van der Waals surface area contributed by atoms with Crippen molar-refractivity contribution < 1.29 is 24.2 Å². The average molecular weight is 680 g/mol. The van der Waals surface area contributed by atoms with Crippen molar-refractivity contribution in [3.63, 3.8) is 0 Å². The minimum absolute atomic E-state index is 0.0278.